The zero-order valence-electron chi connectivity index (χ0n) is 12.6. The van der Waals surface area contributed by atoms with Gasteiger partial charge < -0.3 is 9.26 Å². The van der Waals surface area contributed by atoms with Crippen LogP contribution < -0.4 is 0 Å². The zero-order chi connectivity index (χ0) is 14.8. The number of hydrogen-bond donors (Lipinski definition) is 0. The molecule has 2 atom stereocenters. The first-order chi connectivity index (χ1) is 10.9. The SMILES string of the molecule is c1ccc(-c2nc(CN3CCO[C@H]4CCCC[C@@H]43)no2)cc1. The molecule has 1 saturated heterocycles. The molecule has 0 radical (unpaired) electrons. The highest BCUT2D eigenvalue weighted by atomic mass is 16.5. The standard InChI is InChI=1S/C17H21N3O2/c1-2-6-13(7-3-1)17-18-16(19-22-17)12-20-10-11-21-15-9-5-4-8-14(15)20/h1-3,6-7,14-15H,4-5,8-12H2/t14-,15-/m0/s1. The molecule has 1 aliphatic heterocycles. The largest absolute Gasteiger partial charge is 0.375 e. The second-order valence-electron chi connectivity index (χ2n) is 6.11. The van der Waals surface area contributed by atoms with Gasteiger partial charge in [0.2, 0.25) is 0 Å². The Morgan fingerprint density at radius 3 is 2.91 bits per heavy atom. The molecule has 5 nitrogen and oxygen atoms in total. The molecule has 1 saturated carbocycles. The lowest BCUT2D eigenvalue weighted by atomic mass is 9.90. The first-order valence-corrected chi connectivity index (χ1v) is 8.14. The van der Waals surface area contributed by atoms with Crippen LogP contribution in [-0.4, -0.2) is 40.3 Å². The van der Waals surface area contributed by atoms with Gasteiger partial charge in [-0.3, -0.25) is 4.90 Å². The van der Waals surface area contributed by atoms with E-state index in [0.29, 0.717) is 18.0 Å². The predicted octanol–water partition coefficient (Wildman–Crippen LogP) is 2.88. The number of fused-ring (bicyclic) bond motifs is 1. The zero-order valence-corrected chi connectivity index (χ0v) is 12.6. The Morgan fingerprint density at radius 1 is 1.14 bits per heavy atom. The lowest BCUT2D eigenvalue weighted by Gasteiger charge is -2.43. The van der Waals surface area contributed by atoms with E-state index in [1.54, 1.807) is 0 Å². The van der Waals surface area contributed by atoms with Crippen molar-refractivity contribution >= 4 is 0 Å². The second kappa shape index (κ2) is 6.18. The maximum atomic E-state index is 5.92. The average Bonchev–Trinajstić information content (AvgIpc) is 3.05. The van der Waals surface area contributed by atoms with Crippen LogP contribution in [0.15, 0.2) is 34.9 Å². The van der Waals surface area contributed by atoms with E-state index in [0.717, 1.165) is 31.1 Å². The minimum absolute atomic E-state index is 0.392. The van der Waals surface area contributed by atoms with Crippen molar-refractivity contribution in [1.29, 1.82) is 0 Å². The number of hydrogen-bond acceptors (Lipinski definition) is 5. The molecule has 0 amide bonds. The van der Waals surface area contributed by atoms with Crippen molar-refractivity contribution < 1.29 is 9.26 Å². The number of morpholine rings is 1. The smallest absolute Gasteiger partial charge is 0.257 e. The summed E-state index contributed by atoms with van der Waals surface area (Å²) in [6.45, 7) is 2.52. The topological polar surface area (TPSA) is 51.4 Å². The first-order valence-electron chi connectivity index (χ1n) is 8.14. The van der Waals surface area contributed by atoms with Crippen molar-refractivity contribution in [2.75, 3.05) is 13.2 Å². The van der Waals surface area contributed by atoms with E-state index in [1.807, 2.05) is 30.3 Å². The van der Waals surface area contributed by atoms with Gasteiger partial charge >= 0.3 is 0 Å². The number of rotatable bonds is 3. The normalized spacial score (nSPS) is 25.8. The molecule has 1 aromatic carbocycles. The fraction of sp³-hybridized carbons (Fsp3) is 0.529. The molecule has 22 heavy (non-hydrogen) atoms. The van der Waals surface area contributed by atoms with Crippen LogP contribution in [0.1, 0.15) is 31.5 Å². The van der Waals surface area contributed by atoms with Crippen LogP contribution in [0, 0.1) is 0 Å². The summed E-state index contributed by atoms with van der Waals surface area (Å²) in [5.74, 6) is 1.37. The molecule has 1 aromatic heterocycles. The van der Waals surface area contributed by atoms with E-state index in [-0.39, 0.29) is 0 Å². The molecular weight excluding hydrogens is 278 g/mol. The Hall–Kier alpha value is -1.72. The molecule has 2 aliphatic rings. The third-order valence-electron chi connectivity index (χ3n) is 4.68. The lowest BCUT2D eigenvalue weighted by molar-refractivity contribution is -0.0919. The second-order valence-corrected chi connectivity index (χ2v) is 6.11. The maximum absolute atomic E-state index is 5.92. The minimum Gasteiger partial charge on any atom is -0.375 e. The summed E-state index contributed by atoms with van der Waals surface area (Å²) in [5, 5.41) is 4.16. The van der Waals surface area contributed by atoms with Gasteiger partial charge in [-0.05, 0) is 25.0 Å². The summed E-state index contributed by atoms with van der Waals surface area (Å²) < 4.78 is 11.3. The third kappa shape index (κ3) is 2.78. The summed E-state index contributed by atoms with van der Waals surface area (Å²) in [7, 11) is 0. The number of ether oxygens (including phenoxy) is 1. The van der Waals surface area contributed by atoms with Gasteiger partial charge in [0.1, 0.15) is 0 Å². The molecule has 4 rings (SSSR count). The molecule has 0 bridgehead atoms. The predicted molar refractivity (Wildman–Crippen MR) is 82.1 cm³/mol. The van der Waals surface area contributed by atoms with Crippen molar-refractivity contribution in [2.45, 2.75) is 44.4 Å². The van der Waals surface area contributed by atoms with Crippen molar-refractivity contribution in [3.8, 4) is 11.5 Å². The van der Waals surface area contributed by atoms with Crippen LogP contribution in [0.3, 0.4) is 0 Å². The van der Waals surface area contributed by atoms with Gasteiger partial charge in [0.15, 0.2) is 5.82 Å². The monoisotopic (exact) mass is 299 g/mol. The Morgan fingerprint density at radius 2 is 2.00 bits per heavy atom. The van der Waals surface area contributed by atoms with Gasteiger partial charge in [-0.1, -0.05) is 36.2 Å². The van der Waals surface area contributed by atoms with Crippen LogP contribution in [0.4, 0.5) is 0 Å². The maximum Gasteiger partial charge on any atom is 0.257 e. The number of aromatic nitrogens is 2. The van der Waals surface area contributed by atoms with E-state index in [1.165, 1.54) is 25.7 Å². The molecule has 0 N–H and O–H groups in total. The number of nitrogens with zero attached hydrogens (tertiary/aromatic N) is 3. The highest BCUT2D eigenvalue weighted by molar-refractivity contribution is 5.51. The Bertz CT molecular complexity index is 611. The van der Waals surface area contributed by atoms with E-state index >= 15 is 0 Å². The third-order valence-corrected chi connectivity index (χ3v) is 4.68. The van der Waals surface area contributed by atoms with Gasteiger partial charge in [-0.25, -0.2) is 0 Å². The first kappa shape index (κ1) is 13.9. The van der Waals surface area contributed by atoms with Gasteiger partial charge in [-0.2, -0.15) is 4.98 Å². The minimum atomic E-state index is 0.392. The molecule has 116 valence electrons. The summed E-state index contributed by atoms with van der Waals surface area (Å²) in [5.41, 5.74) is 0.971. The lowest BCUT2D eigenvalue weighted by Crippen LogP contribution is -2.52. The molecule has 2 heterocycles. The molecule has 2 fully saturated rings. The summed E-state index contributed by atoms with van der Waals surface area (Å²) in [4.78, 5) is 7.02. The summed E-state index contributed by atoms with van der Waals surface area (Å²) >= 11 is 0. The van der Waals surface area contributed by atoms with Gasteiger partial charge in [-0.15, -0.1) is 0 Å². The molecule has 0 unspecified atom stereocenters. The van der Waals surface area contributed by atoms with E-state index in [2.05, 4.69) is 15.0 Å². The quantitative estimate of drug-likeness (QED) is 0.872. The van der Waals surface area contributed by atoms with Gasteiger partial charge in [0.25, 0.3) is 5.89 Å². The van der Waals surface area contributed by atoms with E-state index in [9.17, 15) is 0 Å². The fourth-order valence-corrected chi connectivity index (χ4v) is 3.57. The molecule has 5 heteroatoms. The van der Waals surface area contributed by atoms with Crippen LogP contribution in [-0.2, 0) is 11.3 Å². The van der Waals surface area contributed by atoms with Crippen LogP contribution in [0.5, 0.6) is 0 Å². The van der Waals surface area contributed by atoms with Crippen molar-refractivity contribution in [1.82, 2.24) is 15.0 Å². The average molecular weight is 299 g/mol. The van der Waals surface area contributed by atoms with Gasteiger partial charge in [0.05, 0.1) is 19.3 Å². The highest BCUT2D eigenvalue weighted by Crippen LogP contribution is 2.29. The van der Waals surface area contributed by atoms with Crippen LogP contribution in [0.25, 0.3) is 11.5 Å². The Labute approximate surface area is 130 Å². The fourth-order valence-electron chi connectivity index (χ4n) is 3.57. The number of benzene rings is 1. The van der Waals surface area contributed by atoms with Crippen LogP contribution >= 0.6 is 0 Å². The molecule has 0 spiro atoms. The summed E-state index contributed by atoms with van der Waals surface area (Å²) in [6.07, 6.45) is 5.37. The molecule has 1 aliphatic carbocycles. The Kier molecular flexibility index (Phi) is 3.91. The van der Waals surface area contributed by atoms with E-state index in [4.69, 9.17) is 9.26 Å². The van der Waals surface area contributed by atoms with Crippen LogP contribution in [0.2, 0.25) is 0 Å². The van der Waals surface area contributed by atoms with Crippen molar-refractivity contribution in [3.05, 3.63) is 36.2 Å². The summed E-state index contributed by atoms with van der Waals surface area (Å²) in [6, 6.07) is 10.4. The molecular formula is C17H21N3O2. The van der Waals surface area contributed by atoms with Gasteiger partial charge in [0, 0.05) is 18.2 Å². The highest BCUT2D eigenvalue weighted by Gasteiger charge is 2.34. The van der Waals surface area contributed by atoms with E-state index < -0.39 is 0 Å². The van der Waals surface area contributed by atoms with Crippen molar-refractivity contribution in [2.24, 2.45) is 0 Å². The molecule has 2 aromatic rings. The Balaban J connectivity index is 1.48. The van der Waals surface area contributed by atoms with Crippen molar-refractivity contribution in [3.63, 3.8) is 0 Å².